The van der Waals surface area contributed by atoms with E-state index in [1.807, 2.05) is 18.2 Å². The Bertz CT molecular complexity index is 715. The van der Waals surface area contributed by atoms with Gasteiger partial charge in [-0.05, 0) is 28.7 Å². The van der Waals surface area contributed by atoms with Crippen LogP contribution >= 0.6 is 0 Å². The normalized spacial score (nSPS) is 12.3. The number of hydrogen-bond donors (Lipinski definition) is 1. The van der Waals surface area contributed by atoms with Gasteiger partial charge >= 0.3 is 5.97 Å². The Morgan fingerprint density at radius 3 is 2.12 bits per heavy atom. The zero-order valence-electron chi connectivity index (χ0n) is 15.2. The Balaban J connectivity index is 2.13. The third-order valence-corrected chi connectivity index (χ3v) is 4.09. The molecule has 0 heterocycles. The molecule has 2 rings (SSSR count). The number of rotatable bonds is 5. The molecule has 25 heavy (non-hydrogen) atoms. The highest BCUT2D eigenvalue weighted by Crippen LogP contribution is 2.22. The minimum Gasteiger partial charge on any atom is -0.467 e. The minimum atomic E-state index is -0.724. The standard InChI is InChI=1S/C21H25NO3/c1-21(2,3)17-12-10-15(11-13-17)14-18(20(24)25-4)22-19(23)16-8-6-5-7-9-16/h5-13,18H,14H2,1-4H3,(H,22,23)/t18-/m1/s1. The van der Waals surface area contributed by atoms with Crippen LogP contribution in [0.25, 0.3) is 0 Å². The zero-order valence-corrected chi connectivity index (χ0v) is 15.2. The lowest BCUT2D eigenvalue weighted by Crippen LogP contribution is -2.43. The highest BCUT2D eigenvalue weighted by atomic mass is 16.5. The van der Waals surface area contributed by atoms with E-state index >= 15 is 0 Å². The molecule has 0 spiro atoms. The van der Waals surface area contributed by atoms with E-state index < -0.39 is 12.0 Å². The van der Waals surface area contributed by atoms with Crippen LogP contribution in [0.4, 0.5) is 0 Å². The molecule has 0 unspecified atom stereocenters. The Morgan fingerprint density at radius 2 is 1.60 bits per heavy atom. The van der Waals surface area contributed by atoms with Gasteiger partial charge in [-0.1, -0.05) is 63.2 Å². The predicted octanol–water partition coefficient (Wildman–Crippen LogP) is 3.50. The van der Waals surface area contributed by atoms with Crippen molar-refractivity contribution in [1.29, 1.82) is 0 Å². The number of amides is 1. The van der Waals surface area contributed by atoms with E-state index in [-0.39, 0.29) is 11.3 Å². The summed E-state index contributed by atoms with van der Waals surface area (Å²) in [5.41, 5.74) is 2.78. The molecule has 1 amide bonds. The van der Waals surface area contributed by atoms with Gasteiger partial charge in [0.25, 0.3) is 5.91 Å². The van der Waals surface area contributed by atoms with E-state index in [2.05, 4.69) is 38.2 Å². The maximum absolute atomic E-state index is 12.3. The second kappa shape index (κ2) is 7.97. The van der Waals surface area contributed by atoms with Gasteiger partial charge in [-0.3, -0.25) is 4.79 Å². The molecule has 0 bridgehead atoms. The number of hydrogen-bond acceptors (Lipinski definition) is 3. The van der Waals surface area contributed by atoms with Gasteiger partial charge in [0, 0.05) is 12.0 Å². The lowest BCUT2D eigenvalue weighted by Gasteiger charge is -2.20. The number of esters is 1. The first kappa shape index (κ1) is 18.7. The van der Waals surface area contributed by atoms with Crippen LogP contribution in [0.2, 0.25) is 0 Å². The highest BCUT2D eigenvalue weighted by molar-refractivity contribution is 5.96. The first-order chi connectivity index (χ1) is 11.8. The summed E-state index contributed by atoms with van der Waals surface area (Å²) in [5, 5.41) is 2.76. The molecule has 0 aliphatic carbocycles. The van der Waals surface area contributed by atoms with Crippen molar-refractivity contribution in [3.8, 4) is 0 Å². The second-order valence-corrected chi connectivity index (χ2v) is 7.07. The molecule has 0 saturated carbocycles. The van der Waals surface area contributed by atoms with Gasteiger partial charge in [0.2, 0.25) is 0 Å². The molecular weight excluding hydrogens is 314 g/mol. The van der Waals surface area contributed by atoms with Crippen molar-refractivity contribution >= 4 is 11.9 Å². The van der Waals surface area contributed by atoms with Crippen LogP contribution in [0.1, 0.15) is 42.3 Å². The molecule has 1 N–H and O–H groups in total. The predicted molar refractivity (Wildman–Crippen MR) is 98.6 cm³/mol. The summed E-state index contributed by atoms with van der Waals surface area (Å²) in [6.45, 7) is 6.46. The van der Waals surface area contributed by atoms with E-state index in [1.165, 1.54) is 12.7 Å². The summed E-state index contributed by atoms with van der Waals surface area (Å²) in [4.78, 5) is 24.4. The summed E-state index contributed by atoms with van der Waals surface area (Å²) < 4.78 is 4.85. The Hall–Kier alpha value is -2.62. The van der Waals surface area contributed by atoms with Crippen LogP contribution in [-0.4, -0.2) is 25.0 Å². The third kappa shape index (κ3) is 5.18. The fraction of sp³-hybridized carbons (Fsp3) is 0.333. The van der Waals surface area contributed by atoms with Crippen LogP contribution < -0.4 is 5.32 Å². The Labute approximate surface area is 149 Å². The van der Waals surface area contributed by atoms with Crippen LogP contribution in [0.15, 0.2) is 54.6 Å². The first-order valence-corrected chi connectivity index (χ1v) is 8.34. The molecule has 0 aliphatic heterocycles. The van der Waals surface area contributed by atoms with E-state index in [0.717, 1.165) is 5.56 Å². The van der Waals surface area contributed by atoms with E-state index in [1.54, 1.807) is 24.3 Å². The molecule has 0 aliphatic rings. The molecule has 0 radical (unpaired) electrons. The van der Waals surface area contributed by atoms with Crippen LogP contribution in [-0.2, 0) is 21.4 Å². The quantitative estimate of drug-likeness (QED) is 0.848. The molecule has 2 aromatic carbocycles. The summed E-state index contributed by atoms with van der Waals surface area (Å²) in [6.07, 6.45) is 0.385. The zero-order chi connectivity index (χ0) is 18.4. The monoisotopic (exact) mass is 339 g/mol. The number of carbonyl (C=O) groups is 2. The second-order valence-electron chi connectivity index (χ2n) is 7.07. The Morgan fingerprint density at radius 1 is 1.00 bits per heavy atom. The van der Waals surface area contributed by atoms with Gasteiger partial charge in [-0.15, -0.1) is 0 Å². The van der Waals surface area contributed by atoms with Crippen LogP contribution in [0.5, 0.6) is 0 Å². The molecule has 4 nitrogen and oxygen atoms in total. The molecule has 4 heteroatoms. The minimum absolute atomic E-state index is 0.0712. The van der Waals surface area contributed by atoms with Gasteiger partial charge in [-0.2, -0.15) is 0 Å². The summed E-state index contributed by atoms with van der Waals surface area (Å²) >= 11 is 0. The van der Waals surface area contributed by atoms with Gasteiger partial charge < -0.3 is 10.1 Å². The fourth-order valence-corrected chi connectivity index (χ4v) is 2.54. The molecule has 1 atom stereocenters. The maximum Gasteiger partial charge on any atom is 0.328 e. The average Bonchev–Trinajstić information content (AvgIpc) is 2.60. The van der Waals surface area contributed by atoms with Crippen LogP contribution in [0.3, 0.4) is 0 Å². The largest absolute Gasteiger partial charge is 0.467 e. The maximum atomic E-state index is 12.3. The van der Waals surface area contributed by atoms with Crippen molar-refractivity contribution in [1.82, 2.24) is 5.32 Å². The van der Waals surface area contributed by atoms with Crippen molar-refractivity contribution in [3.05, 3.63) is 71.3 Å². The van der Waals surface area contributed by atoms with Crippen molar-refractivity contribution in [2.75, 3.05) is 7.11 Å². The molecule has 2 aromatic rings. The van der Waals surface area contributed by atoms with Crippen LogP contribution in [0, 0.1) is 0 Å². The van der Waals surface area contributed by atoms with Crippen molar-refractivity contribution in [2.24, 2.45) is 0 Å². The molecular formula is C21H25NO3. The number of benzene rings is 2. The van der Waals surface area contributed by atoms with Crippen molar-refractivity contribution in [2.45, 2.75) is 38.6 Å². The summed E-state index contributed by atoms with van der Waals surface area (Å²) in [5.74, 6) is -0.744. The van der Waals surface area contributed by atoms with E-state index in [0.29, 0.717) is 12.0 Å². The summed E-state index contributed by atoms with van der Waals surface area (Å²) in [7, 11) is 1.33. The van der Waals surface area contributed by atoms with Crippen molar-refractivity contribution < 1.29 is 14.3 Å². The van der Waals surface area contributed by atoms with Gasteiger partial charge in [0.15, 0.2) is 0 Å². The smallest absolute Gasteiger partial charge is 0.328 e. The lowest BCUT2D eigenvalue weighted by molar-refractivity contribution is -0.142. The molecule has 0 saturated heterocycles. The molecule has 132 valence electrons. The number of methoxy groups -OCH3 is 1. The SMILES string of the molecule is COC(=O)[C@@H](Cc1ccc(C(C)(C)C)cc1)NC(=O)c1ccccc1. The Kier molecular flexibility index (Phi) is 5.97. The number of carbonyl (C=O) groups excluding carboxylic acids is 2. The van der Waals surface area contributed by atoms with Crippen molar-refractivity contribution in [3.63, 3.8) is 0 Å². The number of ether oxygens (including phenoxy) is 1. The highest BCUT2D eigenvalue weighted by Gasteiger charge is 2.23. The van der Waals surface area contributed by atoms with Gasteiger partial charge in [-0.25, -0.2) is 4.79 Å². The van der Waals surface area contributed by atoms with E-state index in [4.69, 9.17) is 4.74 Å². The average molecular weight is 339 g/mol. The first-order valence-electron chi connectivity index (χ1n) is 8.34. The molecule has 0 aromatic heterocycles. The molecule has 0 fully saturated rings. The van der Waals surface area contributed by atoms with Gasteiger partial charge in [0.1, 0.15) is 6.04 Å². The topological polar surface area (TPSA) is 55.4 Å². The van der Waals surface area contributed by atoms with Gasteiger partial charge in [0.05, 0.1) is 7.11 Å². The number of nitrogens with one attached hydrogen (secondary N) is 1. The fourth-order valence-electron chi connectivity index (χ4n) is 2.54. The third-order valence-electron chi connectivity index (χ3n) is 4.09. The van der Waals surface area contributed by atoms with E-state index in [9.17, 15) is 9.59 Å². The lowest BCUT2D eigenvalue weighted by atomic mass is 9.86. The summed E-state index contributed by atoms with van der Waals surface area (Å²) in [6, 6.07) is 16.2.